The summed E-state index contributed by atoms with van der Waals surface area (Å²) in [4.78, 5) is 27.9. The van der Waals surface area contributed by atoms with Crippen LogP contribution in [0.4, 0.5) is 0 Å². The van der Waals surface area contributed by atoms with Crippen LogP contribution in [0.3, 0.4) is 0 Å². The topological polar surface area (TPSA) is 81.4 Å². The van der Waals surface area contributed by atoms with Gasteiger partial charge in [-0.15, -0.1) is 0 Å². The number of rotatable bonds is 9. The smallest absolute Gasteiger partial charge is 0.339 e. The van der Waals surface area contributed by atoms with E-state index in [0.29, 0.717) is 6.42 Å². The van der Waals surface area contributed by atoms with Gasteiger partial charge in [-0.25, -0.2) is 4.79 Å². The standard InChI is InChI=1S/C22H28N2O3.C2H6/c1-2-20(23)22(26)27-24-21(25)16-19-14-12-18(13-15-19)11-7-6-10-17-8-4-3-5-9-17;1-2/h3-5,8-9,12-15,20H,2,6-7,10-11,16,23H2,1H3,(H,24,25);1-2H3. The van der Waals surface area contributed by atoms with Crippen LogP contribution in [-0.2, 0) is 33.7 Å². The second kappa shape index (κ2) is 14.4. The Bertz CT molecular complexity index is 715. The summed E-state index contributed by atoms with van der Waals surface area (Å²) in [6, 6.07) is 17.7. The second-order valence-corrected chi connectivity index (χ2v) is 6.65. The minimum atomic E-state index is -0.716. The molecule has 5 heteroatoms. The van der Waals surface area contributed by atoms with Crippen molar-refractivity contribution in [1.82, 2.24) is 5.48 Å². The monoisotopic (exact) mass is 398 g/mol. The molecule has 1 amide bonds. The molecule has 0 saturated carbocycles. The molecule has 0 bridgehead atoms. The Kier molecular flexibility index (Phi) is 12.1. The van der Waals surface area contributed by atoms with Crippen LogP contribution in [0.2, 0.25) is 0 Å². The van der Waals surface area contributed by atoms with Crippen molar-refractivity contribution in [3.8, 4) is 0 Å². The largest absolute Gasteiger partial charge is 0.348 e. The molecule has 2 aromatic rings. The SMILES string of the molecule is CC.CCC(N)C(=O)ONC(=O)Cc1ccc(CCCCc2ccccc2)cc1. The fraction of sp³-hybridized carbons (Fsp3) is 0.417. The zero-order valence-corrected chi connectivity index (χ0v) is 17.8. The van der Waals surface area contributed by atoms with Crippen LogP contribution >= 0.6 is 0 Å². The fourth-order valence-electron chi connectivity index (χ4n) is 2.70. The first-order valence-electron chi connectivity index (χ1n) is 10.5. The van der Waals surface area contributed by atoms with Gasteiger partial charge in [-0.05, 0) is 48.8 Å². The fourth-order valence-corrected chi connectivity index (χ4v) is 2.70. The van der Waals surface area contributed by atoms with Gasteiger partial charge in [-0.2, -0.15) is 5.48 Å². The first-order chi connectivity index (χ1) is 14.1. The molecule has 1 atom stereocenters. The van der Waals surface area contributed by atoms with Crippen molar-refractivity contribution in [3.05, 3.63) is 71.3 Å². The summed E-state index contributed by atoms with van der Waals surface area (Å²) in [6.07, 6.45) is 5.01. The predicted octanol–water partition coefficient (Wildman–Crippen LogP) is 4.13. The number of carbonyl (C=O) groups is 2. The molecule has 0 aliphatic carbocycles. The Morgan fingerprint density at radius 1 is 0.897 bits per heavy atom. The van der Waals surface area contributed by atoms with E-state index >= 15 is 0 Å². The van der Waals surface area contributed by atoms with Gasteiger partial charge in [0.25, 0.3) is 5.91 Å². The van der Waals surface area contributed by atoms with Crippen LogP contribution in [0.15, 0.2) is 54.6 Å². The molecule has 0 aliphatic heterocycles. The minimum Gasteiger partial charge on any atom is -0.339 e. The Morgan fingerprint density at radius 3 is 1.97 bits per heavy atom. The van der Waals surface area contributed by atoms with E-state index in [1.54, 1.807) is 6.92 Å². The van der Waals surface area contributed by atoms with E-state index in [1.165, 1.54) is 11.1 Å². The lowest BCUT2D eigenvalue weighted by Gasteiger charge is -2.09. The minimum absolute atomic E-state index is 0.156. The van der Waals surface area contributed by atoms with Crippen LogP contribution in [-0.4, -0.2) is 17.9 Å². The highest BCUT2D eigenvalue weighted by Crippen LogP contribution is 2.11. The molecule has 1 unspecified atom stereocenters. The molecule has 29 heavy (non-hydrogen) atoms. The van der Waals surface area contributed by atoms with E-state index < -0.39 is 12.0 Å². The van der Waals surface area contributed by atoms with Crippen LogP contribution in [0.1, 0.15) is 56.7 Å². The number of carbonyl (C=O) groups excluding carboxylic acids is 2. The van der Waals surface area contributed by atoms with Gasteiger partial charge in [0.1, 0.15) is 6.04 Å². The lowest BCUT2D eigenvalue weighted by molar-refractivity contribution is -0.159. The lowest BCUT2D eigenvalue weighted by Crippen LogP contribution is -2.37. The molecule has 2 rings (SSSR count). The van der Waals surface area contributed by atoms with Crippen molar-refractivity contribution < 1.29 is 14.4 Å². The number of amides is 1. The van der Waals surface area contributed by atoms with Gasteiger partial charge in [-0.1, -0.05) is 75.4 Å². The van der Waals surface area contributed by atoms with E-state index in [-0.39, 0.29) is 12.3 Å². The van der Waals surface area contributed by atoms with Gasteiger partial charge < -0.3 is 10.6 Å². The summed E-state index contributed by atoms with van der Waals surface area (Å²) in [5.74, 6) is -1.00. The zero-order chi connectivity index (χ0) is 21.5. The van der Waals surface area contributed by atoms with Crippen LogP contribution < -0.4 is 11.2 Å². The molecule has 0 radical (unpaired) electrons. The Morgan fingerprint density at radius 2 is 1.41 bits per heavy atom. The van der Waals surface area contributed by atoms with E-state index in [9.17, 15) is 9.59 Å². The van der Waals surface area contributed by atoms with Crippen molar-refractivity contribution in [2.45, 2.75) is 65.3 Å². The Balaban J connectivity index is 0.00000204. The third kappa shape index (κ3) is 9.90. The predicted molar refractivity (Wildman–Crippen MR) is 117 cm³/mol. The summed E-state index contributed by atoms with van der Waals surface area (Å²) >= 11 is 0. The van der Waals surface area contributed by atoms with Crippen LogP contribution in [0.25, 0.3) is 0 Å². The molecule has 0 aliphatic rings. The molecular weight excluding hydrogens is 364 g/mol. The molecule has 0 saturated heterocycles. The van der Waals surface area contributed by atoms with Gasteiger partial charge in [0.2, 0.25) is 0 Å². The Hall–Kier alpha value is -2.66. The summed E-state index contributed by atoms with van der Waals surface area (Å²) in [6.45, 7) is 5.77. The van der Waals surface area contributed by atoms with Crippen molar-refractivity contribution in [2.75, 3.05) is 0 Å². The third-order valence-corrected chi connectivity index (χ3v) is 4.42. The number of aryl methyl sites for hydroxylation is 2. The maximum absolute atomic E-state index is 11.8. The van der Waals surface area contributed by atoms with Crippen LogP contribution in [0, 0.1) is 0 Å². The van der Waals surface area contributed by atoms with E-state index in [2.05, 4.69) is 29.7 Å². The first kappa shape index (κ1) is 24.4. The molecule has 0 spiro atoms. The van der Waals surface area contributed by atoms with Gasteiger partial charge in [-0.3, -0.25) is 4.79 Å². The highest BCUT2D eigenvalue weighted by molar-refractivity contribution is 5.81. The summed E-state index contributed by atoms with van der Waals surface area (Å²) < 4.78 is 0. The number of nitrogens with two attached hydrogens (primary N) is 1. The second-order valence-electron chi connectivity index (χ2n) is 6.65. The molecule has 3 N–H and O–H groups in total. The molecule has 5 nitrogen and oxygen atoms in total. The normalized spacial score (nSPS) is 11.0. The van der Waals surface area contributed by atoms with Crippen molar-refractivity contribution in [2.24, 2.45) is 5.73 Å². The van der Waals surface area contributed by atoms with Gasteiger partial charge in [0.05, 0.1) is 6.42 Å². The highest BCUT2D eigenvalue weighted by atomic mass is 16.7. The van der Waals surface area contributed by atoms with E-state index in [1.807, 2.05) is 44.2 Å². The number of hydrogen-bond acceptors (Lipinski definition) is 4. The molecule has 0 aromatic heterocycles. The average molecular weight is 399 g/mol. The lowest BCUT2D eigenvalue weighted by atomic mass is 10.0. The summed E-state index contributed by atoms with van der Waals surface area (Å²) in [5.41, 5.74) is 11.2. The number of nitrogens with one attached hydrogen (secondary N) is 1. The number of hydroxylamine groups is 1. The summed E-state index contributed by atoms with van der Waals surface area (Å²) in [5, 5.41) is 0. The molecule has 158 valence electrons. The van der Waals surface area contributed by atoms with Crippen molar-refractivity contribution in [3.63, 3.8) is 0 Å². The third-order valence-electron chi connectivity index (χ3n) is 4.42. The van der Waals surface area contributed by atoms with Crippen LogP contribution in [0.5, 0.6) is 0 Å². The van der Waals surface area contributed by atoms with Gasteiger partial charge in [0.15, 0.2) is 0 Å². The first-order valence-corrected chi connectivity index (χ1v) is 10.5. The quantitative estimate of drug-likeness (QED) is 0.491. The van der Waals surface area contributed by atoms with Gasteiger partial charge in [0, 0.05) is 0 Å². The van der Waals surface area contributed by atoms with Gasteiger partial charge >= 0.3 is 5.97 Å². The summed E-state index contributed by atoms with van der Waals surface area (Å²) in [7, 11) is 0. The maximum atomic E-state index is 11.8. The maximum Gasteiger partial charge on any atom is 0.348 e. The molecule has 0 fully saturated rings. The molecule has 2 aromatic carbocycles. The van der Waals surface area contributed by atoms with Crippen molar-refractivity contribution in [1.29, 1.82) is 0 Å². The molecule has 0 heterocycles. The number of unbranched alkanes of at least 4 members (excludes halogenated alkanes) is 1. The zero-order valence-electron chi connectivity index (χ0n) is 17.8. The van der Waals surface area contributed by atoms with E-state index in [0.717, 1.165) is 31.2 Å². The Labute approximate surface area is 174 Å². The van der Waals surface area contributed by atoms with E-state index in [4.69, 9.17) is 10.6 Å². The molecular formula is C24H34N2O3. The van der Waals surface area contributed by atoms with Crippen molar-refractivity contribution >= 4 is 11.9 Å². The highest BCUT2D eigenvalue weighted by Gasteiger charge is 2.14. The number of benzene rings is 2. The number of hydrogen-bond donors (Lipinski definition) is 2. The average Bonchev–Trinajstić information content (AvgIpc) is 2.77.